The van der Waals surface area contributed by atoms with E-state index in [4.69, 9.17) is 21.4 Å². The highest BCUT2D eigenvalue weighted by Gasteiger charge is 2.43. The molecule has 1 aromatic carbocycles. The molecule has 314 valence electrons. The highest BCUT2D eigenvalue weighted by molar-refractivity contribution is 7.86. The van der Waals surface area contributed by atoms with Crippen molar-refractivity contribution in [2.45, 2.75) is 88.5 Å². The number of imide groups is 1. The summed E-state index contributed by atoms with van der Waals surface area (Å²) in [7, 11) is -13.3. The third kappa shape index (κ3) is 10.5. The molecule has 0 unspecified atom stereocenters. The predicted molar refractivity (Wildman–Crippen MR) is 210 cm³/mol. The molecule has 0 spiro atoms. The zero-order valence-corrected chi connectivity index (χ0v) is 35.2. The Balaban J connectivity index is 1.54. The van der Waals surface area contributed by atoms with Crippen LogP contribution in [0.15, 0.2) is 75.9 Å². The molecule has 2 N–H and O–H groups in total. The lowest BCUT2D eigenvalue weighted by Crippen LogP contribution is -2.36. The van der Waals surface area contributed by atoms with Gasteiger partial charge in [0.05, 0.1) is 49.7 Å². The van der Waals surface area contributed by atoms with Crippen LogP contribution in [0.1, 0.15) is 77.3 Å². The van der Waals surface area contributed by atoms with Crippen LogP contribution in [0.4, 0.5) is 11.5 Å². The van der Waals surface area contributed by atoms with E-state index in [9.17, 15) is 53.3 Å². The maximum atomic E-state index is 12.9. The van der Waals surface area contributed by atoms with E-state index >= 15 is 0 Å². The minimum absolute atomic E-state index is 0.00577. The maximum Gasteiger partial charge on any atom is 0.333 e. The van der Waals surface area contributed by atoms with Gasteiger partial charge >= 0.3 is 11.8 Å². The number of carbonyl (C=O) groups excluding carboxylic acids is 3. The molecular formula is C37H43ClN4O13S3. The zero-order valence-electron chi connectivity index (χ0n) is 32.0. The van der Waals surface area contributed by atoms with E-state index < -0.39 is 70.5 Å². The van der Waals surface area contributed by atoms with Crippen molar-refractivity contribution >= 4 is 77.0 Å². The summed E-state index contributed by atoms with van der Waals surface area (Å²) < 4.78 is 102. The fraction of sp³-hybridized carbons (Fsp3) is 0.432. The Kier molecular flexibility index (Phi) is 12.9. The summed E-state index contributed by atoms with van der Waals surface area (Å²) >= 11 is 6.44. The van der Waals surface area contributed by atoms with Gasteiger partial charge in [0.2, 0.25) is 0 Å². The minimum atomic E-state index is -4.58. The second kappa shape index (κ2) is 16.7. The largest absolute Gasteiger partial charge is 0.748 e. The van der Waals surface area contributed by atoms with Crippen LogP contribution in [0.3, 0.4) is 0 Å². The monoisotopic (exact) mass is 882 g/mol. The van der Waals surface area contributed by atoms with Crippen molar-refractivity contribution in [2.75, 3.05) is 23.0 Å². The molecule has 0 bridgehead atoms. The maximum absolute atomic E-state index is 12.9. The smallest absolute Gasteiger partial charge is 0.333 e. The summed E-state index contributed by atoms with van der Waals surface area (Å²) in [5, 5.41) is 0.815. The fourth-order valence-electron chi connectivity index (χ4n) is 7.02. The van der Waals surface area contributed by atoms with E-state index in [1.807, 2.05) is 13.8 Å². The molecule has 1 saturated heterocycles. The topological polar surface area (TPSA) is 249 Å². The molecule has 5 rings (SSSR count). The first kappa shape index (κ1) is 44.8. The lowest BCUT2D eigenvalue weighted by atomic mass is 9.82. The molecule has 58 heavy (non-hydrogen) atoms. The molecule has 2 amide bonds. The number of carbonyl (C=O) groups is 3. The molecule has 1 aromatic heterocycles. The Bertz CT molecular complexity index is 2490. The summed E-state index contributed by atoms with van der Waals surface area (Å²) in [6.07, 6.45) is 8.02. The highest BCUT2D eigenvalue weighted by Crippen LogP contribution is 2.48. The lowest BCUT2D eigenvalue weighted by molar-refractivity contribution is -0.684. The molecule has 1 fully saturated rings. The van der Waals surface area contributed by atoms with E-state index in [1.165, 1.54) is 18.2 Å². The Morgan fingerprint density at radius 3 is 2.26 bits per heavy atom. The van der Waals surface area contributed by atoms with E-state index in [2.05, 4.69) is 0 Å². The molecular weight excluding hydrogens is 840 g/mol. The Morgan fingerprint density at radius 1 is 0.966 bits per heavy atom. The predicted octanol–water partition coefficient (Wildman–Crippen LogP) is 4.00. The number of aromatic nitrogens is 1. The molecule has 4 heterocycles. The first-order chi connectivity index (χ1) is 26.8. The number of halogens is 1. The van der Waals surface area contributed by atoms with Crippen molar-refractivity contribution in [3.63, 3.8) is 0 Å². The number of aryl methyl sites for hydroxylation is 1. The summed E-state index contributed by atoms with van der Waals surface area (Å²) in [5.41, 5.74) is 1.78. The average Bonchev–Trinajstić information content (AvgIpc) is 3.63. The van der Waals surface area contributed by atoms with Crippen LogP contribution in [-0.2, 0) is 67.0 Å². The first-order valence-corrected chi connectivity index (χ1v) is 23.1. The standard InChI is InChI=1S/C37H43ClN4O13S3/c1-36(2)28-21-25(38)23-40(17-5-19-56(46,47)48)35(28)39-30(36)12-7-24(9-16-34(45)55-42-32(43)14-15-33(42)44)8-13-31-37(3,4)27-22-26(58(52,53)54)10-11-29(27)41(31)18-6-20-57(49,50)51/h7-8,10-13,21-23H,5-6,9,14-20H2,1-4H3,(H2-,46,47,48,49,50,51,52,53,54). The molecule has 0 saturated carbocycles. The van der Waals surface area contributed by atoms with E-state index in [-0.39, 0.29) is 56.5 Å². The van der Waals surface area contributed by atoms with Crippen LogP contribution < -0.4 is 9.47 Å². The number of allylic oxidation sites excluding steroid dienone is 6. The summed E-state index contributed by atoms with van der Waals surface area (Å²) in [6, 6.07) is 5.79. The number of amides is 2. The van der Waals surface area contributed by atoms with Crippen molar-refractivity contribution in [1.29, 1.82) is 0 Å². The summed E-state index contributed by atoms with van der Waals surface area (Å²) in [6.45, 7) is 7.65. The number of rotatable bonds is 16. The number of hydrogen-bond acceptors (Lipinski definition) is 13. The van der Waals surface area contributed by atoms with Crippen LogP contribution in [0, 0.1) is 0 Å². The summed E-state index contributed by atoms with van der Waals surface area (Å²) in [5.74, 6) is -2.75. The van der Waals surface area contributed by atoms with Gasteiger partial charge in [-0.25, -0.2) is 17.8 Å². The number of aliphatic imine (C=N–C) groups is 1. The number of hydrogen-bond donors (Lipinski definition) is 2. The average molecular weight is 883 g/mol. The second-order valence-corrected chi connectivity index (χ2v) is 20.0. The van der Waals surface area contributed by atoms with Crippen molar-refractivity contribution in [3.8, 4) is 0 Å². The number of fused-ring (bicyclic) bond motifs is 2. The van der Waals surface area contributed by atoms with Crippen LogP contribution in [-0.4, -0.2) is 85.5 Å². The van der Waals surface area contributed by atoms with Gasteiger partial charge in [-0.2, -0.15) is 16.8 Å². The molecule has 0 atom stereocenters. The van der Waals surface area contributed by atoms with Crippen LogP contribution >= 0.6 is 11.6 Å². The summed E-state index contributed by atoms with van der Waals surface area (Å²) in [4.78, 5) is 48.4. The van der Waals surface area contributed by atoms with Crippen LogP contribution in [0.2, 0.25) is 5.02 Å². The molecule has 3 aliphatic heterocycles. The SMILES string of the molecule is CC1(C)C(/C=C/C(=C\C=C2\N(CCCS(=O)(=O)O)c3ccc(S(=O)(=O)O)cc3C2(C)C)CCC(=O)ON2C(=O)CCC2=O)=Nc2c1cc(Cl)c[n+]2CCCS(=O)(=O)[O-]. The van der Waals surface area contributed by atoms with Gasteiger partial charge in [0.25, 0.3) is 32.1 Å². The van der Waals surface area contributed by atoms with E-state index in [0.29, 0.717) is 44.1 Å². The Morgan fingerprint density at radius 2 is 1.64 bits per heavy atom. The number of benzene rings is 1. The van der Waals surface area contributed by atoms with E-state index in [0.717, 1.165) is 5.56 Å². The zero-order chi connectivity index (χ0) is 43.0. The van der Waals surface area contributed by atoms with Crippen LogP contribution in [0.25, 0.3) is 0 Å². The van der Waals surface area contributed by atoms with Gasteiger partial charge in [0.15, 0.2) is 5.71 Å². The first-order valence-electron chi connectivity index (χ1n) is 18.0. The van der Waals surface area contributed by atoms with Gasteiger partial charge in [-0.05, 0) is 85.7 Å². The normalized spacial score (nSPS) is 18.7. The second-order valence-electron chi connectivity index (χ2n) is 15.1. The molecule has 0 aliphatic carbocycles. The quantitative estimate of drug-likeness (QED) is 0.105. The molecule has 17 nitrogen and oxygen atoms in total. The van der Waals surface area contributed by atoms with Gasteiger partial charge in [-0.3, -0.25) is 18.7 Å². The van der Waals surface area contributed by atoms with Crippen molar-refractivity contribution in [1.82, 2.24) is 5.06 Å². The number of hydroxylamine groups is 2. The van der Waals surface area contributed by atoms with Gasteiger partial charge in [-0.1, -0.05) is 37.6 Å². The fourth-order valence-corrected chi connectivity index (χ4v) is 8.73. The Labute approximate surface area is 341 Å². The van der Waals surface area contributed by atoms with Crippen LogP contribution in [0.5, 0.6) is 0 Å². The molecule has 3 aliphatic rings. The Hall–Kier alpha value is -4.31. The third-order valence-corrected chi connectivity index (χ3v) is 12.7. The van der Waals surface area contributed by atoms with Crippen molar-refractivity contribution in [2.24, 2.45) is 4.99 Å². The van der Waals surface area contributed by atoms with Gasteiger partial charge in [0.1, 0.15) is 6.20 Å². The number of anilines is 1. The van der Waals surface area contributed by atoms with Crippen molar-refractivity contribution < 1.29 is 62.7 Å². The van der Waals surface area contributed by atoms with E-state index in [1.54, 1.807) is 59.9 Å². The number of nitrogens with zero attached hydrogens (tertiary/aromatic N) is 4. The van der Waals surface area contributed by atoms with Crippen molar-refractivity contribution in [3.05, 3.63) is 82.2 Å². The van der Waals surface area contributed by atoms with Gasteiger partial charge in [0, 0.05) is 41.9 Å². The molecule has 2 aromatic rings. The van der Waals surface area contributed by atoms with Gasteiger partial charge in [-0.15, -0.1) is 5.06 Å². The lowest BCUT2D eigenvalue weighted by Gasteiger charge is -2.27. The highest BCUT2D eigenvalue weighted by atomic mass is 35.5. The third-order valence-electron chi connectivity index (χ3n) is 10.1. The molecule has 21 heteroatoms. The number of pyridine rings is 1. The van der Waals surface area contributed by atoms with Gasteiger partial charge < -0.3 is 14.3 Å². The minimum Gasteiger partial charge on any atom is -0.748 e. The molecule has 0 radical (unpaired) electrons.